The molecule has 0 radical (unpaired) electrons. The molecule has 3 atom stereocenters. The molecule has 0 saturated carbocycles. The first-order valence-electron chi connectivity index (χ1n) is 12.7. The number of piperidine rings is 4. The third-order valence-corrected chi connectivity index (χ3v) is 8.41. The summed E-state index contributed by atoms with van der Waals surface area (Å²) in [7, 11) is 0. The molecule has 35 heavy (non-hydrogen) atoms. The smallest absolute Gasteiger partial charge is 0.262 e. The maximum absolute atomic E-state index is 15.4. The van der Waals surface area contributed by atoms with Gasteiger partial charge in [0, 0.05) is 38.1 Å². The van der Waals surface area contributed by atoms with Gasteiger partial charge in [0.05, 0.1) is 16.8 Å². The minimum Gasteiger partial charge on any atom is -0.363 e. The molecule has 1 aromatic rings. The first-order valence-corrected chi connectivity index (χ1v) is 12.7. The third kappa shape index (κ3) is 3.83. The van der Waals surface area contributed by atoms with Gasteiger partial charge < -0.3 is 10.2 Å². The van der Waals surface area contributed by atoms with Gasteiger partial charge in [-0.3, -0.25) is 34.3 Å². The minimum absolute atomic E-state index is 0.0179. The number of nitrogens with zero attached hydrogens (tertiary/aromatic N) is 3. The van der Waals surface area contributed by atoms with Gasteiger partial charge in [-0.15, -0.1) is 0 Å². The number of imide groups is 2. The van der Waals surface area contributed by atoms with E-state index in [-0.39, 0.29) is 30.0 Å². The number of benzene rings is 1. The molecule has 6 aliphatic rings. The number of halogens is 1. The number of amides is 4. The van der Waals surface area contributed by atoms with Crippen LogP contribution >= 0.6 is 0 Å². The highest BCUT2D eigenvalue weighted by atomic mass is 19.1. The summed E-state index contributed by atoms with van der Waals surface area (Å²) in [5.41, 5.74) is 0.464. The lowest BCUT2D eigenvalue weighted by atomic mass is 9.87. The molecule has 3 unspecified atom stereocenters. The Morgan fingerprint density at radius 2 is 1.60 bits per heavy atom. The van der Waals surface area contributed by atoms with Gasteiger partial charge in [0.15, 0.2) is 0 Å². The number of piperazine rings is 1. The van der Waals surface area contributed by atoms with Crippen molar-refractivity contribution in [2.24, 2.45) is 5.92 Å². The van der Waals surface area contributed by atoms with Crippen molar-refractivity contribution in [2.75, 3.05) is 37.6 Å². The van der Waals surface area contributed by atoms with E-state index in [2.05, 4.69) is 20.4 Å². The van der Waals surface area contributed by atoms with Crippen LogP contribution in [0.15, 0.2) is 12.1 Å². The zero-order valence-electron chi connectivity index (χ0n) is 19.6. The summed E-state index contributed by atoms with van der Waals surface area (Å²) >= 11 is 0. The van der Waals surface area contributed by atoms with Gasteiger partial charge in [-0.2, -0.15) is 0 Å². The Hall–Kier alpha value is -2.85. The predicted molar refractivity (Wildman–Crippen MR) is 124 cm³/mol. The Labute approximate surface area is 203 Å². The van der Waals surface area contributed by atoms with E-state index >= 15 is 4.39 Å². The van der Waals surface area contributed by atoms with Crippen molar-refractivity contribution in [1.29, 1.82) is 0 Å². The number of hydrogen-bond acceptors (Lipinski definition) is 7. The van der Waals surface area contributed by atoms with E-state index < -0.39 is 35.5 Å². The number of carbonyl (C=O) groups excluding carboxylic acids is 4. The minimum atomic E-state index is -1.05. The maximum Gasteiger partial charge on any atom is 0.262 e. The zero-order chi connectivity index (χ0) is 24.3. The molecule has 186 valence electrons. The summed E-state index contributed by atoms with van der Waals surface area (Å²) in [6, 6.07) is 2.09. The van der Waals surface area contributed by atoms with E-state index in [1.165, 1.54) is 18.9 Å². The van der Waals surface area contributed by atoms with Gasteiger partial charge in [-0.25, -0.2) is 4.39 Å². The molecule has 6 aliphatic heterocycles. The molecule has 6 heterocycles. The number of nitrogens with one attached hydrogen (secondary N) is 2. The van der Waals surface area contributed by atoms with E-state index in [1.807, 2.05) is 0 Å². The maximum atomic E-state index is 15.4. The van der Waals surface area contributed by atoms with Crippen LogP contribution in [0.3, 0.4) is 0 Å². The fourth-order valence-corrected chi connectivity index (χ4v) is 6.53. The summed E-state index contributed by atoms with van der Waals surface area (Å²) in [4.78, 5) is 55.5. The molecule has 10 heteroatoms. The molecule has 1 aromatic carbocycles. The average molecular weight is 484 g/mol. The Bertz CT molecular complexity index is 1100. The summed E-state index contributed by atoms with van der Waals surface area (Å²) < 4.78 is 15.4. The van der Waals surface area contributed by atoms with Gasteiger partial charge in [0.25, 0.3) is 11.8 Å². The van der Waals surface area contributed by atoms with Crippen molar-refractivity contribution < 1.29 is 23.6 Å². The molecular formula is C25H30FN5O4. The lowest BCUT2D eigenvalue weighted by molar-refractivity contribution is -0.136. The second kappa shape index (κ2) is 8.67. The molecular weight excluding hydrogens is 453 g/mol. The normalized spacial score (nSPS) is 29.7. The summed E-state index contributed by atoms with van der Waals surface area (Å²) in [5.74, 6) is -2.20. The highest BCUT2D eigenvalue weighted by molar-refractivity contribution is 6.23. The van der Waals surface area contributed by atoms with Crippen molar-refractivity contribution in [1.82, 2.24) is 20.4 Å². The molecule has 5 fully saturated rings. The molecule has 7 rings (SSSR count). The topological polar surface area (TPSA) is 102 Å². The Morgan fingerprint density at radius 3 is 2.29 bits per heavy atom. The van der Waals surface area contributed by atoms with Crippen LogP contribution in [-0.2, 0) is 9.59 Å². The lowest BCUT2D eigenvalue weighted by Gasteiger charge is -2.53. The predicted octanol–water partition coefficient (Wildman–Crippen LogP) is 0.880. The van der Waals surface area contributed by atoms with E-state index in [1.54, 1.807) is 0 Å². The number of carbonyl (C=O) groups is 4. The summed E-state index contributed by atoms with van der Waals surface area (Å²) in [6.07, 6.45) is 4.56. The van der Waals surface area contributed by atoms with Gasteiger partial charge in [0.1, 0.15) is 11.9 Å². The molecule has 4 amide bonds. The molecule has 0 spiro atoms. The molecule has 2 N–H and O–H groups in total. The van der Waals surface area contributed by atoms with Crippen molar-refractivity contribution in [3.63, 3.8) is 0 Å². The molecule has 5 saturated heterocycles. The van der Waals surface area contributed by atoms with E-state index in [0.29, 0.717) is 24.2 Å². The quantitative estimate of drug-likeness (QED) is 0.613. The fourth-order valence-electron chi connectivity index (χ4n) is 6.53. The van der Waals surface area contributed by atoms with Crippen molar-refractivity contribution in [3.8, 4) is 0 Å². The second-order valence-corrected chi connectivity index (χ2v) is 10.5. The molecule has 0 aromatic heterocycles. The van der Waals surface area contributed by atoms with E-state index in [9.17, 15) is 19.2 Å². The Balaban J connectivity index is 1.22. The van der Waals surface area contributed by atoms with Crippen LogP contribution in [0.4, 0.5) is 10.1 Å². The highest BCUT2D eigenvalue weighted by Crippen LogP contribution is 2.38. The van der Waals surface area contributed by atoms with Crippen LogP contribution < -0.4 is 15.5 Å². The molecule has 2 bridgehead atoms. The first kappa shape index (κ1) is 22.6. The largest absolute Gasteiger partial charge is 0.363 e. The van der Waals surface area contributed by atoms with Gasteiger partial charge in [-0.05, 0) is 63.2 Å². The van der Waals surface area contributed by atoms with Gasteiger partial charge >= 0.3 is 0 Å². The van der Waals surface area contributed by atoms with E-state index in [0.717, 1.165) is 50.0 Å². The van der Waals surface area contributed by atoms with Gasteiger partial charge in [0.2, 0.25) is 11.8 Å². The standard InChI is InChI=1S/C25H30FN5O4/c26-19-9-17-18(25(35)31(24(17)34)20-3-4-22(32)28-23(20)33)10-21(19)30-13-15-1-2-16(30)12-29(15)11-14-5-7-27-8-6-14/h9-10,14-16,20,27H,1-8,11-13H2,(H,28,32,33). The zero-order valence-corrected chi connectivity index (χ0v) is 19.6. The van der Waals surface area contributed by atoms with Crippen LogP contribution in [0, 0.1) is 11.7 Å². The third-order valence-electron chi connectivity index (χ3n) is 8.41. The van der Waals surface area contributed by atoms with Crippen LogP contribution in [0.25, 0.3) is 0 Å². The van der Waals surface area contributed by atoms with Crippen LogP contribution in [0.1, 0.15) is 59.2 Å². The van der Waals surface area contributed by atoms with Crippen molar-refractivity contribution in [3.05, 3.63) is 29.1 Å². The van der Waals surface area contributed by atoms with E-state index in [4.69, 9.17) is 0 Å². The average Bonchev–Trinajstić information content (AvgIpc) is 3.09. The SMILES string of the molecule is O=C1CCC(N2C(=O)c3cc(F)c(N4CC5CCC4CN5CC4CCNCC4)cc3C2=O)C(=O)N1. The summed E-state index contributed by atoms with van der Waals surface area (Å²) in [6.45, 7) is 4.80. The van der Waals surface area contributed by atoms with Crippen molar-refractivity contribution >= 4 is 29.3 Å². The van der Waals surface area contributed by atoms with Gasteiger partial charge in [-0.1, -0.05) is 0 Å². The van der Waals surface area contributed by atoms with Crippen molar-refractivity contribution in [2.45, 2.75) is 56.7 Å². The Kier molecular flexibility index (Phi) is 5.60. The van der Waals surface area contributed by atoms with Crippen LogP contribution in [-0.4, -0.2) is 84.3 Å². The number of rotatable bonds is 4. The molecule has 0 aliphatic carbocycles. The lowest BCUT2D eigenvalue weighted by Crippen LogP contribution is -2.63. The fraction of sp³-hybridized carbons (Fsp3) is 0.600. The van der Waals surface area contributed by atoms with Crippen LogP contribution in [0.5, 0.6) is 0 Å². The molecule has 9 nitrogen and oxygen atoms in total. The second-order valence-electron chi connectivity index (χ2n) is 10.5. The highest BCUT2D eigenvalue weighted by Gasteiger charge is 2.46. The Morgan fingerprint density at radius 1 is 0.886 bits per heavy atom. The number of anilines is 1. The number of hydrogen-bond donors (Lipinski definition) is 2. The monoisotopic (exact) mass is 483 g/mol. The number of fused-ring (bicyclic) bond motifs is 4. The summed E-state index contributed by atoms with van der Waals surface area (Å²) in [5, 5.41) is 5.60. The van der Waals surface area contributed by atoms with Crippen LogP contribution in [0.2, 0.25) is 0 Å². The first-order chi connectivity index (χ1) is 16.9.